The predicted octanol–water partition coefficient (Wildman–Crippen LogP) is 4.17. The number of aromatic nitrogens is 1. The summed E-state index contributed by atoms with van der Waals surface area (Å²) in [6.45, 7) is 3.86. The molecule has 0 saturated carbocycles. The van der Waals surface area contributed by atoms with Crippen LogP contribution in [-0.2, 0) is 13.1 Å². The molecular weight excluding hydrogens is 307 g/mol. The van der Waals surface area contributed by atoms with Gasteiger partial charge < -0.3 is 14.5 Å². The Morgan fingerprint density at radius 3 is 2.67 bits per heavy atom. The molecule has 0 aliphatic rings. The van der Waals surface area contributed by atoms with Crippen LogP contribution in [0.2, 0.25) is 0 Å². The van der Waals surface area contributed by atoms with Crippen molar-refractivity contribution in [2.75, 3.05) is 6.61 Å². The first-order valence-corrected chi connectivity index (χ1v) is 7.88. The number of nitrogens with one attached hydrogen (secondary N) is 1. The zero-order chi connectivity index (χ0) is 16.8. The highest BCUT2D eigenvalue weighted by atomic mass is 19.1. The molecule has 0 atom stereocenters. The number of rotatable bonds is 7. The summed E-state index contributed by atoms with van der Waals surface area (Å²) in [7, 11) is 0. The Hall–Kier alpha value is -2.66. The van der Waals surface area contributed by atoms with Crippen LogP contribution in [0.5, 0.6) is 5.75 Å². The Balaban J connectivity index is 1.59. The number of ether oxygens (including phenoxy) is 1. The van der Waals surface area contributed by atoms with Crippen LogP contribution in [0, 0.1) is 5.82 Å². The Labute approximate surface area is 140 Å². The van der Waals surface area contributed by atoms with E-state index in [1.165, 1.54) is 12.1 Å². The van der Waals surface area contributed by atoms with Crippen molar-refractivity contribution in [3.63, 3.8) is 0 Å². The van der Waals surface area contributed by atoms with E-state index >= 15 is 0 Å². The lowest BCUT2D eigenvalue weighted by molar-refractivity contribution is 0.335. The summed E-state index contributed by atoms with van der Waals surface area (Å²) in [6, 6.07) is 14.0. The van der Waals surface area contributed by atoms with Crippen molar-refractivity contribution in [3.05, 3.63) is 71.9 Å². The van der Waals surface area contributed by atoms with Gasteiger partial charge in [0.15, 0.2) is 0 Å². The fraction of sp³-hybridized carbons (Fsp3) is 0.211. The van der Waals surface area contributed by atoms with Crippen molar-refractivity contribution in [3.8, 4) is 17.2 Å². The maximum atomic E-state index is 13.0. The maximum absolute atomic E-state index is 13.0. The molecule has 1 N–H and O–H groups in total. The van der Waals surface area contributed by atoms with Crippen LogP contribution < -0.4 is 10.1 Å². The average Bonchev–Trinajstić information content (AvgIpc) is 3.06. The Bertz CT molecular complexity index is 784. The zero-order valence-electron chi connectivity index (χ0n) is 13.5. The quantitative estimate of drug-likeness (QED) is 0.708. The summed E-state index contributed by atoms with van der Waals surface area (Å²) in [5.41, 5.74) is 2.65. The van der Waals surface area contributed by atoms with Gasteiger partial charge in [0, 0.05) is 24.2 Å². The van der Waals surface area contributed by atoms with Crippen molar-refractivity contribution < 1.29 is 13.5 Å². The first kappa shape index (κ1) is 16.2. The van der Waals surface area contributed by atoms with E-state index in [0.29, 0.717) is 25.6 Å². The molecule has 0 saturated heterocycles. The van der Waals surface area contributed by atoms with Gasteiger partial charge in [-0.15, -0.1) is 0 Å². The maximum Gasteiger partial charge on any atom is 0.226 e. The lowest BCUT2D eigenvalue weighted by Gasteiger charge is -2.10. The smallest absolute Gasteiger partial charge is 0.226 e. The third kappa shape index (κ3) is 4.00. The molecule has 2 aromatic carbocycles. The van der Waals surface area contributed by atoms with Crippen LogP contribution in [0.1, 0.15) is 18.2 Å². The number of halogens is 1. The number of oxazole rings is 1. The van der Waals surface area contributed by atoms with Crippen LogP contribution in [-0.4, -0.2) is 11.6 Å². The molecule has 3 rings (SSSR count). The molecule has 24 heavy (non-hydrogen) atoms. The summed E-state index contributed by atoms with van der Waals surface area (Å²) in [4.78, 5) is 4.42. The van der Waals surface area contributed by atoms with Crippen LogP contribution in [0.15, 0.2) is 59.2 Å². The summed E-state index contributed by atoms with van der Waals surface area (Å²) >= 11 is 0. The summed E-state index contributed by atoms with van der Waals surface area (Å²) in [5, 5.41) is 3.33. The lowest BCUT2D eigenvalue weighted by atomic mass is 10.2. The average molecular weight is 326 g/mol. The third-order valence-electron chi connectivity index (χ3n) is 3.54. The monoisotopic (exact) mass is 326 g/mol. The van der Waals surface area contributed by atoms with Gasteiger partial charge in [-0.1, -0.05) is 18.2 Å². The molecule has 0 aliphatic heterocycles. The highest BCUT2D eigenvalue weighted by Crippen LogP contribution is 2.20. The molecule has 1 aromatic heterocycles. The van der Waals surface area contributed by atoms with E-state index in [4.69, 9.17) is 9.15 Å². The molecule has 1 heterocycles. The molecule has 5 heteroatoms. The van der Waals surface area contributed by atoms with E-state index in [-0.39, 0.29) is 5.82 Å². The van der Waals surface area contributed by atoms with E-state index in [1.807, 2.05) is 31.2 Å². The van der Waals surface area contributed by atoms with Crippen molar-refractivity contribution in [2.45, 2.75) is 20.0 Å². The summed E-state index contributed by atoms with van der Waals surface area (Å²) in [5.74, 6) is 1.10. The van der Waals surface area contributed by atoms with E-state index in [1.54, 1.807) is 18.4 Å². The summed E-state index contributed by atoms with van der Waals surface area (Å²) in [6.07, 6.45) is 1.61. The predicted molar refractivity (Wildman–Crippen MR) is 90.1 cm³/mol. The molecule has 0 aliphatic carbocycles. The molecule has 0 unspecified atom stereocenters. The van der Waals surface area contributed by atoms with E-state index < -0.39 is 0 Å². The minimum Gasteiger partial charge on any atom is -0.494 e. The van der Waals surface area contributed by atoms with Crippen molar-refractivity contribution in [1.82, 2.24) is 10.3 Å². The highest BCUT2D eigenvalue weighted by molar-refractivity contribution is 5.52. The fourth-order valence-corrected chi connectivity index (χ4v) is 2.38. The zero-order valence-corrected chi connectivity index (χ0v) is 13.5. The van der Waals surface area contributed by atoms with E-state index in [9.17, 15) is 4.39 Å². The Morgan fingerprint density at radius 1 is 1.08 bits per heavy atom. The van der Waals surface area contributed by atoms with Gasteiger partial charge in [0.2, 0.25) is 5.89 Å². The van der Waals surface area contributed by atoms with Crippen LogP contribution >= 0.6 is 0 Å². The van der Waals surface area contributed by atoms with Gasteiger partial charge in [0.1, 0.15) is 17.8 Å². The third-order valence-corrected chi connectivity index (χ3v) is 3.54. The van der Waals surface area contributed by atoms with Crippen LogP contribution in [0.25, 0.3) is 11.5 Å². The SMILES string of the molecule is CCOc1ccccc1CNCc1coc(-c2ccc(F)cc2)n1. The van der Waals surface area contributed by atoms with Crippen LogP contribution in [0.3, 0.4) is 0 Å². The Kier molecular flexibility index (Phi) is 5.23. The van der Waals surface area contributed by atoms with Gasteiger partial charge in [-0.05, 0) is 37.3 Å². The molecule has 124 valence electrons. The number of para-hydroxylation sites is 1. The molecule has 0 spiro atoms. The molecule has 0 radical (unpaired) electrons. The number of nitrogens with zero attached hydrogens (tertiary/aromatic N) is 1. The molecule has 0 bridgehead atoms. The topological polar surface area (TPSA) is 47.3 Å². The second kappa shape index (κ2) is 7.75. The van der Waals surface area contributed by atoms with Crippen molar-refractivity contribution >= 4 is 0 Å². The minimum atomic E-state index is -0.278. The highest BCUT2D eigenvalue weighted by Gasteiger charge is 2.07. The fourth-order valence-electron chi connectivity index (χ4n) is 2.38. The standard InChI is InChI=1S/C19H19FN2O2/c1-2-23-18-6-4-3-5-15(18)11-21-12-17-13-24-19(22-17)14-7-9-16(20)10-8-14/h3-10,13,21H,2,11-12H2,1H3. The molecule has 0 fully saturated rings. The van der Waals surface area contributed by atoms with Gasteiger partial charge in [-0.2, -0.15) is 0 Å². The Morgan fingerprint density at radius 2 is 1.88 bits per heavy atom. The molecule has 0 amide bonds. The molecule has 4 nitrogen and oxygen atoms in total. The van der Waals surface area contributed by atoms with Gasteiger partial charge in [0.05, 0.1) is 12.3 Å². The molecular formula is C19H19FN2O2. The second-order valence-electron chi connectivity index (χ2n) is 5.30. The first-order valence-electron chi connectivity index (χ1n) is 7.88. The summed E-state index contributed by atoms with van der Waals surface area (Å²) < 4.78 is 24.0. The van der Waals surface area contributed by atoms with Crippen molar-refractivity contribution in [1.29, 1.82) is 0 Å². The van der Waals surface area contributed by atoms with Crippen molar-refractivity contribution in [2.24, 2.45) is 0 Å². The van der Waals surface area contributed by atoms with Gasteiger partial charge in [-0.25, -0.2) is 9.37 Å². The second-order valence-corrected chi connectivity index (χ2v) is 5.30. The normalized spacial score (nSPS) is 10.8. The number of benzene rings is 2. The molecule has 3 aromatic rings. The first-order chi connectivity index (χ1) is 11.8. The van der Waals surface area contributed by atoms with Gasteiger partial charge in [0.25, 0.3) is 0 Å². The van der Waals surface area contributed by atoms with Gasteiger partial charge in [-0.3, -0.25) is 0 Å². The van der Waals surface area contributed by atoms with E-state index in [0.717, 1.165) is 22.6 Å². The largest absolute Gasteiger partial charge is 0.494 e. The lowest BCUT2D eigenvalue weighted by Crippen LogP contribution is -2.13. The van der Waals surface area contributed by atoms with Gasteiger partial charge >= 0.3 is 0 Å². The van der Waals surface area contributed by atoms with Crippen LogP contribution in [0.4, 0.5) is 4.39 Å². The number of hydrogen-bond donors (Lipinski definition) is 1. The minimum absolute atomic E-state index is 0.278. The number of hydrogen-bond acceptors (Lipinski definition) is 4. The van der Waals surface area contributed by atoms with E-state index in [2.05, 4.69) is 10.3 Å².